The normalized spacial score (nSPS) is 30.1. The summed E-state index contributed by atoms with van der Waals surface area (Å²) in [5, 5.41) is 10.8. The number of anilines is 2. The van der Waals surface area contributed by atoms with Gasteiger partial charge in [-0.25, -0.2) is 9.29 Å². The Kier molecular flexibility index (Phi) is 6.92. The van der Waals surface area contributed by atoms with Crippen molar-refractivity contribution in [2.45, 2.75) is 28.5 Å². The number of benzene rings is 3. The number of methoxy groups -OCH3 is 1. The standard InChI is InChI=1S/C35H27Cl2FN2O6/c1-3-18-4-9-21(10-5-18)39-30(42)24-14-13-23-25(28(24)31(39)43)17-34(36)32(44)40(22-11-7-20(38)8-12-22)33(45)35(34,37)29(23)19-6-15-27(46-2)26(41)16-19/h3-13,15-16,24-25,28-29,41H,1,14,17H2,2H3/t24-,25+,28-,29-,34+,35-/m0/s1. The molecular weight excluding hydrogens is 634 g/mol. The number of fused-ring (bicyclic) bond motifs is 4. The summed E-state index contributed by atoms with van der Waals surface area (Å²) < 4.78 is 19.1. The molecule has 0 aromatic heterocycles. The molecule has 6 atom stereocenters. The van der Waals surface area contributed by atoms with Gasteiger partial charge in [-0.15, -0.1) is 23.2 Å². The number of ether oxygens (including phenoxy) is 1. The average molecular weight is 662 g/mol. The van der Waals surface area contributed by atoms with Crippen molar-refractivity contribution in [3.8, 4) is 11.5 Å². The van der Waals surface area contributed by atoms with E-state index in [0.717, 1.165) is 22.6 Å². The van der Waals surface area contributed by atoms with Gasteiger partial charge in [0.2, 0.25) is 11.8 Å². The number of phenols is 1. The van der Waals surface area contributed by atoms with Crippen LogP contribution in [0.5, 0.6) is 11.5 Å². The first kappa shape index (κ1) is 30.2. The SMILES string of the molecule is C=Cc1ccc(N2C(=O)[C@H]3[C@H](CC=C4[C@H]3C[C@@]3(Cl)C(=O)N(c5ccc(F)cc5)C(=O)[C@@]3(Cl)[C@H]4c3ccc(OC)c(O)c3)C2=O)cc1. The van der Waals surface area contributed by atoms with Crippen molar-refractivity contribution in [1.82, 2.24) is 0 Å². The number of amides is 4. The Morgan fingerprint density at radius 3 is 2.20 bits per heavy atom. The quantitative estimate of drug-likeness (QED) is 0.206. The minimum atomic E-state index is -2.11. The molecule has 2 saturated heterocycles. The van der Waals surface area contributed by atoms with Crippen molar-refractivity contribution in [2.24, 2.45) is 17.8 Å². The smallest absolute Gasteiger partial charge is 0.258 e. The zero-order valence-electron chi connectivity index (χ0n) is 24.5. The molecule has 4 amide bonds. The highest BCUT2D eigenvalue weighted by Gasteiger charge is 2.76. The molecule has 2 aliphatic carbocycles. The van der Waals surface area contributed by atoms with Gasteiger partial charge in [-0.1, -0.05) is 42.5 Å². The summed E-state index contributed by atoms with van der Waals surface area (Å²) in [6, 6.07) is 16.2. The molecule has 7 rings (SSSR count). The number of rotatable bonds is 5. The molecule has 3 fully saturated rings. The average Bonchev–Trinajstić information content (AvgIpc) is 3.39. The number of phenolic OH excluding ortho intramolecular Hbond substituents is 1. The van der Waals surface area contributed by atoms with Crippen molar-refractivity contribution in [1.29, 1.82) is 0 Å². The van der Waals surface area contributed by atoms with Gasteiger partial charge in [-0.2, -0.15) is 0 Å². The maximum Gasteiger partial charge on any atom is 0.258 e. The summed E-state index contributed by atoms with van der Waals surface area (Å²) in [5.41, 5.74) is 2.25. The molecule has 3 aromatic carbocycles. The van der Waals surface area contributed by atoms with Crippen LogP contribution in [0.15, 0.2) is 85.0 Å². The van der Waals surface area contributed by atoms with E-state index < -0.39 is 57.0 Å². The minimum Gasteiger partial charge on any atom is -0.504 e. The van der Waals surface area contributed by atoms with Crippen LogP contribution < -0.4 is 14.5 Å². The number of imide groups is 2. The van der Waals surface area contributed by atoms with Crippen LogP contribution in [-0.2, 0) is 19.2 Å². The van der Waals surface area contributed by atoms with Gasteiger partial charge in [-0.3, -0.25) is 24.1 Å². The maximum absolute atomic E-state index is 14.4. The molecule has 0 bridgehead atoms. The summed E-state index contributed by atoms with van der Waals surface area (Å²) in [5.74, 6) is -6.54. The van der Waals surface area contributed by atoms with Crippen LogP contribution in [0.1, 0.15) is 29.9 Å². The lowest BCUT2D eigenvalue weighted by atomic mass is 9.56. The summed E-state index contributed by atoms with van der Waals surface area (Å²) in [6.45, 7) is 3.75. The van der Waals surface area contributed by atoms with E-state index in [2.05, 4.69) is 6.58 Å². The lowest BCUT2D eigenvalue weighted by molar-refractivity contribution is -0.125. The summed E-state index contributed by atoms with van der Waals surface area (Å²) >= 11 is 14.7. The molecule has 11 heteroatoms. The fourth-order valence-electron chi connectivity index (χ4n) is 7.67. The van der Waals surface area contributed by atoms with Gasteiger partial charge in [-0.05, 0) is 78.4 Å². The highest BCUT2D eigenvalue weighted by molar-refractivity contribution is 6.58. The molecule has 46 heavy (non-hydrogen) atoms. The fourth-order valence-corrected chi connectivity index (χ4v) is 8.61. The Hall–Kier alpha value is -4.47. The molecule has 2 aliphatic heterocycles. The Morgan fingerprint density at radius 1 is 0.913 bits per heavy atom. The highest BCUT2D eigenvalue weighted by atomic mass is 35.5. The Balaban J connectivity index is 1.39. The molecule has 3 aromatic rings. The van der Waals surface area contributed by atoms with E-state index in [0.29, 0.717) is 16.8 Å². The number of hydrogen-bond donors (Lipinski definition) is 1. The summed E-state index contributed by atoms with van der Waals surface area (Å²) in [7, 11) is 1.39. The van der Waals surface area contributed by atoms with Gasteiger partial charge < -0.3 is 9.84 Å². The Labute approximate surface area is 273 Å². The van der Waals surface area contributed by atoms with Crippen LogP contribution in [0.4, 0.5) is 15.8 Å². The monoisotopic (exact) mass is 660 g/mol. The van der Waals surface area contributed by atoms with Gasteiger partial charge in [0.05, 0.1) is 30.3 Å². The summed E-state index contributed by atoms with van der Waals surface area (Å²) in [6.07, 6.45) is 3.44. The molecule has 0 unspecified atom stereocenters. The molecule has 4 aliphatic rings. The van der Waals surface area contributed by atoms with Gasteiger partial charge >= 0.3 is 0 Å². The van der Waals surface area contributed by atoms with Crippen molar-refractivity contribution >= 4 is 64.3 Å². The van der Waals surface area contributed by atoms with Crippen LogP contribution in [0.3, 0.4) is 0 Å². The first-order chi connectivity index (χ1) is 22.0. The topological polar surface area (TPSA) is 104 Å². The van der Waals surface area contributed by atoms with Crippen LogP contribution in [0.25, 0.3) is 6.08 Å². The molecule has 1 saturated carbocycles. The third-order valence-corrected chi connectivity index (χ3v) is 11.2. The predicted molar refractivity (Wildman–Crippen MR) is 170 cm³/mol. The van der Waals surface area contributed by atoms with E-state index in [1.54, 1.807) is 36.4 Å². The lowest BCUT2D eigenvalue weighted by Crippen LogP contribution is -2.60. The lowest BCUT2D eigenvalue weighted by Gasteiger charge is -2.50. The van der Waals surface area contributed by atoms with E-state index in [1.165, 1.54) is 36.3 Å². The second-order valence-electron chi connectivity index (χ2n) is 12.0. The molecule has 1 N–H and O–H groups in total. The third-order valence-electron chi connectivity index (χ3n) is 9.82. The Morgan fingerprint density at radius 2 is 1.57 bits per heavy atom. The van der Waals surface area contributed by atoms with E-state index in [9.17, 15) is 28.7 Å². The van der Waals surface area contributed by atoms with Gasteiger partial charge in [0.1, 0.15) is 5.82 Å². The number of carbonyl (C=O) groups is 4. The first-order valence-electron chi connectivity index (χ1n) is 14.7. The van der Waals surface area contributed by atoms with Crippen molar-refractivity contribution < 1.29 is 33.4 Å². The molecule has 8 nitrogen and oxygen atoms in total. The van der Waals surface area contributed by atoms with Crippen molar-refractivity contribution in [2.75, 3.05) is 16.9 Å². The fraction of sp³-hybridized carbons (Fsp3) is 0.257. The number of nitrogens with zero attached hydrogens (tertiary/aromatic N) is 2. The summed E-state index contributed by atoms with van der Waals surface area (Å²) in [4.78, 5) is 54.5. The second-order valence-corrected chi connectivity index (χ2v) is 13.2. The van der Waals surface area contributed by atoms with Crippen LogP contribution in [0, 0.1) is 23.6 Å². The zero-order valence-corrected chi connectivity index (χ0v) is 26.0. The molecule has 2 heterocycles. The number of alkyl halides is 2. The van der Waals surface area contributed by atoms with Crippen LogP contribution in [0.2, 0.25) is 0 Å². The van der Waals surface area contributed by atoms with Crippen LogP contribution >= 0.6 is 23.2 Å². The van der Waals surface area contributed by atoms with E-state index in [1.807, 2.05) is 6.08 Å². The van der Waals surface area contributed by atoms with Gasteiger partial charge in [0.15, 0.2) is 21.2 Å². The molecule has 0 spiro atoms. The number of carbonyl (C=O) groups excluding carboxylic acids is 4. The third kappa shape index (κ3) is 3.97. The van der Waals surface area contributed by atoms with Crippen LogP contribution in [-0.4, -0.2) is 45.6 Å². The maximum atomic E-state index is 14.4. The highest BCUT2D eigenvalue weighted by Crippen LogP contribution is 2.66. The molecular formula is C35H27Cl2FN2O6. The van der Waals surface area contributed by atoms with Crippen molar-refractivity contribution in [3.63, 3.8) is 0 Å². The second kappa shape index (κ2) is 10.5. The van der Waals surface area contributed by atoms with Gasteiger partial charge in [0.25, 0.3) is 11.8 Å². The first-order valence-corrected chi connectivity index (χ1v) is 15.4. The van der Waals surface area contributed by atoms with E-state index in [-0.39, 0.29) is 35.9 Å². The van der Waals surface area contributed by atoms with Gasteiger partial charge in [0, 0.05) is 5.92 Å². The molecule has 234 valence electrons. The molecule has 0 radical (unpaired) electrons. The number of aromatic hydroxyl groups is 1. The number of halogens is 3. The van der Waals surface area contributed by atoms with Crippen molar-refractivity contribution in [3.05, 3.63) is 102 Å². The number of hydrogen-bond acceptors (Lipinski definition) is 6. The van der Waals surface area contributed by atoms with E-state index in [4.69, 9.17) is 27.9 Å². The predicted octanol–water partition coefficient (Wildman–Crippen LogP) is 5.95. The number of allylic oxidation sites excluding steroid dienone is 2. The Bertz CT molecular complexity index is 1880. The van der Waals surface area contributed by atoms with E-state index >= 15 is 0 Å². The minimum absolute atomic E-state index is 0.0817. The largest absolute Gasteiger partial charge is 0.504 e. The zero-order chi connectivity index (χ0) is 32.7.